The van der Waals surface area contributed by atoms with Crippen LogP contribution >= 0.6 is 0 Å². The zero-order valence-corrected chi connectivity index (χ0v) is 24.0. The number of anilines is 2. The number of aliphatic hydroxyl groups excluding tert-OH is 1. The van der Waals surface area contributed by atoms with E-state index in [1.165, 1.54) is 0 Å². The van der Waals surface area contributed by atoms with E-state index >= 15 is 0 Å². The number of hydrogen-bond acceptors (Lipinski definition) is 7. The molecule has 3 N–H and O–H groups in total. The molecule has 2 aromatic rings. The molecule has 11 nitrogen and oxygen atoms in total. The number of morpholine rings is 1. The predicted molar refractivity (Wildman–Crippen MR) is 156 cm³/mol. The van der Waals surface area contributed by atoms with E-state index in [-0.39, 0.29) is 36.9 Å². The second-order valence-electron chi connectivity index (χ2n) is 10.8. The third kappa shape index (κ3) is 8.18. The average Bonchev–Trinajstić information content (AvgIpc) is 2.98. The second kappa shape index (κ2) is 14.3. The maximum Gasteiger partial charge on any atom is 0.321 e. The molecule has 1 saturated heterocycles. The number of amides is 4. The van der Waals surface area contributed by atoms with Gasteiger partial charge in [0.15, 0.2) is 0 Å². The minimum Gasteiger partial charge on any atom is -0.487 e. The number of carbonyl (C=O) groups is 3. The maximum atomic E-state index is 13.7. The molecule has 11 heteroatoms. The molecule has 4 amide bonds. The van der Waals surface area contributed by atoms with Gasteiger partial charge in [-0.15, -0.1) is 0 Å². The molecule has 3 atom stereocenters. The molecule has 1 fully saturated rings. The Bertz CT molecular complexity index is 1190. The topological polar surface area (TPSA) is 124 Å². The van der Waals surface area contributed by atoms with Crippen molar-refractivity contribution in [2.75, 3.05) is 70.2 Å². The van der Waals surface area contributed by atoms with Crippen LogP contribution in [0.4, 0.5) is 16.2 Å². The number of nitrogens with one attached hydrogen (secondary N) is 2. The maximum absolute atomic E-state index is 13.7. The lowest BCUT2D eigenvalue weighted by atomic mass is 9.99. The normalized spacial score (nSPS) is 20.2. The van der Waals surface area contributed by atoms with Crippen molar-refractivity contribution in [2.45, 2.75) is 32.4 Å². The second-order valence-corrected chi connectivity index (χ2v) is 10.8. The summed E-state index contributed by atoms with van der Waals surface area (Å²) in [4.78, 5) is 44.6. The van der Waals surface area contributed by atoms with E-state index in [1.807, 2.05) is 37.3 Å². The van der Waals surface area contributed by atoms with Gasteiger partial charge in [0.2, 0.25) is 5.91 Å². The van der Waals surface area contributed by atoms with Crippen LogP contribution in [0.25, 0.3) is 0 Å². The van der Waals surface area contributed by atoms with Gasteiger partial charge in [-0.05, 0) is 37.3 Å². The molecule has 222 valence electrons. The van der Waals surface area contributed by atoms with E-state index in [9.17, 15) is 19.5 Å². The van der Waals surface area contributed by atoms with Gasteiger partial charge in [-0.2, -0.15) is 0 Å². The summed E-state index contributed by atoms with van der Waals surface area (Å²) in [5, 5.41) is 15.7. The standard InChI is InChI=1S/C30H41N5O6/c1-21-18-35(22(2)20-36)29(38)25-17-24(31-28(37)11-12-34-13-15-40-16-14-34)9-10-26(25)41-27(21)19-33(3)30(39)32-23-7-5-4-6-8-23/h4-10,17,21-22,27,36H,11-16,18-20H2,1-3H3,(H,31,37)(H,32,39)/t21-,22+,27+/m1/s1. The van der Waals surface area contributed by atoms with Crippen molar-refractivity contribution in [2.24, 2.45) is 5.92 Å². The van der Waals surface area contributed by atoms with Crippen molar-refractivity contribution in [3.05, 3.63) is 54.1 Å². The SMILES string of the molecule is C[C@@H]1CN([C@@H](C)CO)C(=O)c2cc(NC(=O)CCN3CCOCC3)ccc2O[C@H]1CN(C)C(=O)Nc1ccccc1. The van der Waals surface area contributed by atoms with Crippen LogP contribution in [0.1, 0.15) is 30.6 Å². The van der Waals surface area contributed by atoms with Crippen LogP contribution in [0.5, 0.6) is 5.75 Å². The number of likely N-dealkylation sites (N-methyl/N-ethyl adjacent to an activating group) is 1. The Morgan fingerprint density at radius 2 is 1.83 bits per heavy atom. The van der Waals surface area contributed by atoms with E-state index in [4.69, 9.17) is 9.47 Å². The van der Waals surface area contributed by atoms with E-state index < -0.39 is 12.1 Å². The van der Waals surface area contributed by atoms with E-state index in [1.54, 1.807) is 42.0 Å². The average molecular weight is 568 g/mol. The molecule has 0 saturated carbocycles. The van der Waals surface area contributed by atoms with Gasteiger partial charge in [-0.25, -0.2) is 4.79 Å². The van der Waals surface area contributed by atoms with Gasteiger partial charge in [-0.1, -0.05) is 25.1 Å². The Balaban J connectivity index is 1.49. The number of rotatable bonds is 9. The third-order valence-electron chi connectivity index (χ3n) is 7.53. The monoisotopic (exact) mass is 567 g/mol. The largest absolute Gasteiger partial charge is 0.487 e. The quantitative estimate of drug-likeness (QED) is 0.426. The number of fused-ring (bicyclic) bond motifs is 1. The molecule has 4 rings (SSSR count). The number of ether oxygens (including phenoxy) is 2. The van der Waals surface area contributed by atoms with Gasteiger partial charge < -0.3 is 35.0 Å². The number of para-hydroxylation sites is 1. The van der Waals surface area contributed by atoms with Crippen molar-refractivity contribution in [3.8, 4) is 5.75 Å². The number of benzene rings is 2. The molecule has 0 spiro atoms. The van der Waals surface area contributed by atoms with Crippen LogP contribution in [-0.2, 0) is 9.53 Å². The van der Waals surface area contributed by atoms with Crippen molar-refractivity contribution in [3.63, 3.8) is 0 Å². The summed E-state index contributed by atoms with van der Waals surface area (Å²) in [5.74, 6) is -0.210. The molecular weight excluding hydrogens is 526 g/mol. The van der Waals surface area contributed by atoms with E-state index in [0.717, 1.165) is 13.1 Å². The number of urea groups is 1. The summed E-state index contributed by atoms with van der Waals surface area (Å²) in [6, 6.07) is 13.5. The first-order valence-electron chi connectivity index (χ1n) is 14.1. The molecule has 0 aromatic heterocycles. The van der Waals surface area contributed by atoms with Crippen LogP contribution < -0.4 is 15.4 Å². The van der Waals surface area contributed by atoms with Gasteiger partial charge in [0.05, 0.1) is 38.0 Å². The van der Waals surface area contributed by atoms with E-state index in [2.05, 4.69) is 15.5 Å². The Hall–Kier alpha value is -3.67. The molecule has 0 unspecified atom stereocenters. The summed E-state index contributed by atoms with van der Waals surface area (Å²) < 4.78 is 11.7. The zero-order chi connectivity index (χ0) is 29.4. The Kier molecular flexibility index (Phi) is 10.6. The van der Waals surface area contributed by atoms with Crippen LogP contribution in [0.2, 0.25) is 0 Å². The first-order chi connectivity index (χ1) is 19.7. The summed E-state index contributed by atoms with van der Waals surface area (Å²) in [5.41, 5.74) is 1.48. The summed E-state index contributed by atoms with van der Waals surface area (Å²) >= 11 is 0. The summed E-state index contributed by atoms with van der Waals surface area (Å²) in [6.45, 7) is 7.74. The number of aliphatic hydroxyl groups is 1. The first-order valence-corrected chi connectivity index (χ1v) is 14.1. The zero-order valence-electron chi connectivity index (χ0n) is 24.0. The molecule has 41 heavy (non-hydrogen) atoms. The number of hydrogen-bond donors (Lipinski definition) is 3. The van der Waals surface area contributed by atoms with E-state index in [0.29, 0.717) is 55.4 Å². The van der Waals surface area contributed by atoms with Crippen LogP contribution in [0.15, 0.2) is 48.5 Å². The molecular formula is C30H41N5O6. The van der Waals surface area contributed by atoms with Gasteiger partial charge in [0.25, 0.3) is 5.91 Å². The first kappa shape index (κ1) is 30.3. The van der Waals surface area contributed by atoms with Gasteiger partial charge in [0.1, 0.15) is 11.9 Å². The Morgan fingerprint density at radius 1 is 1.10 bits per heavy atom. The smallest absolute Gasteiger partial charge is 0.321 e. The highest BCUT2D eigenvalue weighted by atomic mass is 16.5. The molecule has 0 aliphatic carbocycles. The fraction of sp³-hybridized carbons (Fsp3) is 0.500. The highest BCUT2D eigenvalue weighted by Crippen LogP contribution is 2.31. The van der Waals surface area contributed by atoms with Crippen molar-refractivity contribution in [1.82, 2.24) is 14.7 Å². The number of nitrogens with zero attached hydrogens (tertiary/aromatic N) is 3. The van der Waals surface area contributed by atoms with Gasteiger partial charge >= 0.3 is 6.03 Å². The van der Waals surface area contributed by atoms with Crippen LogP contribution in [0.3, 0.4) is 0 Å². The lowest BCUT2D eigenvalue weighted by molar-refractivity contribution is -0.116. The van der Waals surface area contributed by atoms with Gasteiger partial charge in [0, 0.05) is 56.9 Å². The lowest BCUT2D eigenvalue weighted by Crippen LogP contribution is -2.50. The third-order valence-corrected chi connectivity index (χ3v) is 7.53. The van der Waals surface area contributed by atoms with Crippen LogP contribution in [0, 0.1) is 5.92 Å². The van der Waals surface area contributed by atoms with Crippen molar-refractivity contribution < 1.29 is 29.0 Å². The Labute approximate surface area is 241 Å². The minimum atomic E-state index is -0.435. The number of carbonyl (C=O) groups excluding carboxylic acids is 3. The lowest BCUT2D eigenvalue weighted by Gasteiger charge is -2.38. The molecule has 0 radical (unpaired) electrons. The van der Waals surface area contributed by atoms with Crippen LogP contribution in [-0.4, -0.2) is 109 Å². The van der Waals surface area contributed by atoms with Gasteiger partial charge in [-0.3, -0.25) is 14.5 Å². The highest BCUT2D eigenvalue weighted by Gasteiger charge is 2.34. The molecule has 2 aliphatic heterocycles. The highest BCUT2D eigenvalue weighted by molar-refractivity contribution is 6.00. The molecule has 0 bridgehead atoms. The predicted octanol–water partition coefficient (Wildman–Crippen LogP) is 2.73. The Morgan fingerprint density at radius 3 is 2.54 bits per heavy atom. The minimum absolute atomic E-state index is 0.145. The summed E-state index contributed by atoms with van der Waals surface area (Å²) in [7, 11) is 1.70. The molecule has 2 aromatic carbocycles. The molecule has 2 heterocycles. The summed E-state index contributed by atoms with van der Waals surface area (Å²) in [6.07, 6.45) is -0.109. The fourth-order valence-electron chi connectivity index (χ4n) is 4.92. The molecule has 2 aliphatic rings. The van der Waals surface area contributed by atoms with Crippen molar-refractivity contribution in [1.29, 1.82) is 0 Å². The van der Waals surface area contributed by atoms with Crippen molar-refractivity contribution >= 4 is 29.2 Å². The fourth-order valence-corrected chi connectivity index (χ4v) is 4.92.